The van der Waals surface area contributed by atoms with Crippen LogP contribution in [0.25, 0.3) is 0 Å². The van der Waals surface area contributed by atoms with Crippen molar-refractivity contribution in [2.45, 2.75) is 12.8 Å². The van der Waals surface area contributed by atoms with Crippen LogP contribution in [-0.2, 0) is 0 Å². The molecule has 0 amide bonds. The molecular formula is C20H21BrNO2S+. The molecule has 0 unspecified atom stereocenters. The Labute approximate surface area is 160 Å². The summed E-state index contributed by atoms with van der Waals surface area (Å²) in [5.41, 5.74) is 0.768. The van der Waals surface area contributed by atoms with E-state index in [2.05, 4.69) is 15.9 Å². The van der Waals surface area contributed by atoms with Crippen molar-refractivity contribution in [1.29, 1.82) is 0 Å². The fraction of sp³-hybridized carbons (Fsp3) is 0.400. The maximum atomic E-state index is 12.9. The first kappa shape index (κ1) is 17.1. The SMILES string of the molecule is O=C(C[N+]12CCC(CC1)[C@H](C(=O)c1cccs1)C2)c1ccc(Br)cc1. The molecule has 5 rings (SSSR count). The molecule has 1 atom stereocenters. The van der Waals surface area contributed by atoms with Crippen molar-refractivity contribution in [2.24, 2.45) is 11.8 Å². The van der Waals surface area contributed by atoms with Gasteiger partial charge in [0, 0.05) is 22.9 Å². The van der Waals surface area contributed by atoms with Crippen molar-refractivity contribution in [3.05, 3.63) is 56.7 Å². The largest absolute Gasteiger partial charge is 0.316 e. The van der Waals surface area contributed by atoms with Gasteiger partial charge in [0.15, 0.2) is 5.78 Å². The number of thiophene rings is 1. The number of nitrogens with zero attached hydrogens (tertiary/aromatic N) is 1. The molecule has 3 aliphatic rings. The summed E-state index contributed by atoms with van der Waals surface area (Å²) in [4.78, 5) is 26.6. The molecule has 5 heteroatoms. The molecule has 0 N–H and O–H groups in total. The number of rotatable bonds is 5. The number of piperidine rings is 3. The van der Waals surface area contributed by atoms with Crippen LogP contribution in [0.1, 0.15) is 32.9 Å². The van der Waals surface area contributed by atoms with Gasteiger partial charge in [0.25, 0.3) is 0 Å². The van der Waals surface area contributed by atoms with Crippen molar-refractivity contribution in [2.75, 3.05) is 26.2 Å². The fourth-order valence-corrected chi connectivity index (χ4v) is 5.43. The minimum atomic E-state index is 0.0823. The van der Waals surface area contributed by atoms with Gasteiger partial charge in [0.05, 0.1) is 30.4 Å². The van der Waals surface area contributed by atoms with Gasteiger partial charge in [0.2, 0.25) is 5.78 Å². The maximum Gasteiger partial charge on any atom is 0.216 e. The molecule has 25 heavy (non-hydrogen) atoms. The molecular weight excluding hydrogens is 398 g/mol. The highest BCUT2D eigenvalue weighted by atomic mass is 79.9. The molecule has 3 saturated heterocycles. The molecule has 0 aliphatic carbocycles. The molecule has 3 aliphatic heterocycles. The second-order valence-corrected chi connectivity index (χ2v) is 9.21. The third-order valence-corrected chi connectivity index (χ3v) is 7.26. The zero-order chi connectivity index (χ0) is 17.4. The normalized spacial score (nSPS) is 28.0. The number of quaternary nitrogens is 1. The number of carbonyl (C=O) groups excluding carboxylic acids is 2. The summed E-state index contributed by atoms with van der Waals surface area (Å²) < 4.78 is 1.77. The van der Waals surface area contributed by atoms with Crippen molar-refractivity contribution >= 4 is 38.8 Å². The molecule has 3 fully saturated rings. The van der Waals surface area contributed by atoms with Crippen LogP contribution in [0.15, 0.2) is 46.3 Å². The summed E-state index contributed by atoms with van der Waals surface area (Å²) in [5, 5.41) is 1.97. The van der Waals surface area contributed by atoms with Gasteiger partial charge in [-0.1, -0.05) is 34.1 Å². The van der Waals surface area contributed by atoms with E-state index in [1.54, 1.807) is 0 Å². The number of carbonyl (C=O) groups is 2. The first-order chi connectivity index (χ1) is 12.1. The number of benzene rings is 1. The zero-order valence-corrected chi connectivity index (χ0v) is 16.4. The summed E-state index contributed by atoms with van der Waals surface area (Å²) >= 11 is 4.95. The van der Waals surface area contributed by atoms with Gasteiger partial charge < -0.3 is 4.48 Å². The predicted octanol–water partition coefficient (Wildman–Crippen LogP) is 4.43. The van der Waals surface area contributed by atoms with E-state index in [1.807, 2.05) is 41.8 Å². The molecule has 1 aromatic carbocycles. The number of hydrogen-bond acceptors (Lipinski definition) is 3. The molecule has 4 heterocycles. The summed E-state index contributed by atoms with van der Waals surface area (Å²) in [6.45, 7) is 3.40. The van der Waals surface area contributed by atoms with Crippen LogP contribution < -0.4 is 0 Å². The summed E-state index contributed by atoms with van der Waals surface area (Å²) in [6, 6.07) is 11.5. The van der Waals surface area contributed by atoms with Crippen LogP contribution in [0.4, 0.5) is 0 Å². The number of hydrogen-bond donors (Lipinski definition) is 0. The minimum Gasteiger partial charge on any atom is -0.316 e. The smallest absolute Gasteiger partial charge is 0.216 e. The van der Waals surface area contributed by atoms with Crippen LogP contribution in [0.2, 0.25) is 0 Å². The van der Waals surface area contributed by atoms with Crippen LogP contribution in [0, 0.1) is 11.8 Å². The standard InChI is InChI=1S/C20H21BrNO2S/c21-16-5-3-15(4-6-16)18(23)13-22-9-7-14(8-10-22)17(12-22)20(24)19-2-1-11-25-19/h1-6,11,14,17H,7-10,12-13H2/q+1/t14?,17-,22?/m1/s1. The lowest BCUT2D eigenvalue weighted by Gasteiger charge is -2.51. The third kappa shape index (κ3) is 3.37. The van der Waals surface area contributed by atoms with E-state index in [4.69, 9.17) is 0 Å². The predicted molar refractivity (Wildman–Crippen MR) is 103 cm³/mol. The van der Waals surface area contributed by atoms with Crippen LogP contribution in [-0.4, -0.2) is 42.2 Å². The zero-order valence-electron chi connectivity index (χ0n) is 14.0. The van der Waals surface area contributed by atoms with Crippen molar-refractivity contribution in [3.8, 4) is 0 Å². The highest BCUT2D eigenvalue weighted by molar-refractivity contribution is 9.10. The Bertz CT molecular complexity index is 777. The molecule has 2 bridgehead atoms. The van der Waals surface area contributed by atoms with Crippen molar-refractivity contribution in [3.63, 3.8) is 0 Å². The van der Waals surface area contributed by atoms with Gasteiger partial charge in [0.1, 0.15) is 6.54 Å². The quantitative estimate of drug-likeness (QED) is 0.531. The van der Waals surface area contributed by atoms with E-state index in [1.165, 1.54) is 11.3 Å². The Hall–Kier alpha value is -1.30. The molecule has 130 valence electrons. The Morgan fingerprint density at radius 1 is 1.12 bits per heavy atom. The van der Waals surface area contributed by atoms with Crippen molar-refractivity contribution in [1.82, 2.24) is 0 Å². The van der Waals surface area contributed by atoms with Crippen molar-refractivity contribution < 1.29 is 14.1 Å². The minimum absolute atomic E-state index is 0.0823. The molecule has 1 aromatic heterocycles. The number of halogens is 1. The lowest BCUT2D eigenvalue weighted by Crippen LogP contribution is -2.64. The second-order valence-electron chi connectivity index (χ2n) is 7.35. The lowest BCUT2D eigenvalue weighted by molar-refractivity contribution is -0.937. The van der Waals surface area contributed by atoms with E-state index in [-0.39, 0.29) is 17.5 Å². The van der Waals surface area contributed by atoms with E-state index in [0.29, 0.717) is 12.5 Å². The Morgan fingerprint density at radius 2 is 1.84 bits per heavy atom. The highest BCUT2D eigenvalue weighted by Gasteiger charge is 2.49. The number of ketones is 2. The molecule has 0 saturated carbocycles. The van der Waals surface area contributed by atoms with E-state index in [9.17, 15) is 9.59 Å². The van der Waals surface area contributed by atoms with Gasteiger partial charge >= 0.3 is 0 Å². The summed E-state index contributed by atoms with van der Waals surface area (Å²) in [6.07, 6.45) is 2.13. The molecule has 0 spiro atoms. The topological polar surface area (TPSA) is 34.1 Å². The molecule has 3 nitrogen and oxygen atoms in total. The number of Topliss-reactive ketones (excluding diaryl/α,β-unsaturated/α-hetero) is 2. The van der Waals surface area contributed by atoms with E-state index >= 15 is 0 Å². The fourth-order valence-electron chi connectivity index (χ4n) is 4.44. The van der Waals surface area contributed by atoms with Crippen LogP contribution >= 0.6 is 27.3 Å². The van der Waals surface area contributed by atoms with Gasteiger partial charge in [-0.3, -0.25) is 9.59 Å². The summed E-state index contributed by atoms with van der Waals surface area (Å²) in [7, 11) is 0. The van der Waals surface area contributed by atoms with E-state index < -0.39 is 0 Å². The van der Waals surface area contributed by atoms with Gasteiger partial charge in [-0.05, 0) is 29.5 Å². The summed E-state index contributed by atoms with van der Waals surface area (Å²) in [5.74, 6) is 1.06. The highest BCUT2D eigenvalue weighted by Crippen LogP contribution is 2.40. The lowest BCUT2D eigenvalue weighted by atomic mass is 9.74. The van der Waals surface area contributed by atoms with Gasteiger partial charge in [-0.2, -0.15) is 0 Å². The molecule has 0 radical (unpaired) electrons. The first-order valence-electron chi connectivity index (χ1n) is 8.78. The van der Waals surface area contributed by atoms with Gasteiger partial charge in [-0.25, -0.2) is 0 Å². The monoisotopic (exact) mass is 418 g/mol. The average Bonchev–Trinajstić information content (AvgIpc) is 3.17. The average molecular weight is 419 g/mol. The Morgan fingerprint density at radius 3 is 2.48 bits per heavy atom. The maximum absolute atomic E-state index is 12.9. The Balaban J connectivity index is 1.52. The van der Waals surface area contributed by atoms with E-state index in [0.717, 1.165) is 51.9 Å². The second kappa shape index (κ2) is 6.78. The third-order valence-electron chi connectivity index (χ3n) is 5.85. The van der Waals surface area contributed by atoms with Crippen LogP contribution in [0.3, 0.4) is 0 Å². The first-order valence-corrected chi connectivity index (χ1v) is 10.5. The Kier molecular flexibility index (Phi) is 4.65. The van der Waals surface area contributed by atoms with Gasteiger partial charge in [-0.15, -0.1) is 11.3 Å². The number of fused-ring (bicyclic) bond motifs is 3. The molecule has 2 aromatic rings. The van der Waals surface area contributed by atoms with Crippen LogP contribution in [0.5, 0.6) is 0 Å².